The van der Waals surface area contributed by atoms with Crippen molar-refractivity contribution in [2.45, 2.75) is 26.1 Å². The van der Waals surface area contributed by atoms with Crippen molar-refractivity contribution < 1.29 is 4.84 Å². The van der Waals surface area contributed by atoms with E-state index < -0.39 is 0 Å². The van der Waals surface area contributed by atoms with Gasteiger partial charge in [-0.25, -0.2) is 4.98 Å². The Balaban J connectivity index is 1.73. The van der Waals surface area contributed by atoms with Crippen LogP contribution in [0.3, 0.4) is 0 Å². The summed E-state index contributed by atoms with van der Waals surface area (Å²) in [6.07, 6.45) is 0.0453. The molecule has 0 radical (unpaired) electrons. The number of hydrogen-bond acceptors (Lipinski definition) is 4. The van der Waals surface area contributed by atoms with Gasteiger partial charge in [-0.15, -0.1) is 16.4 Å². The second-order valence-electron chi connectivity index (χ2n) is 4.23. The van der Waals surface area contributed by atoms with Gasteiger partial charge in [0.15, 0.2) is 0 Å². The Kier molecular flexibility index (Phi) is 2.70. The normalized spacial score (nSPS) is 24.6. The van der Waals surface area contributed by atoms with Crippen molar-refractivity contribution in [1.29, 1.82) is 0 Å². The van der Waals surface area contributed by atoms with Crippen LogP contribution < -0.4 is 0 Å². The smallest absolute Gasteiger partial charge is 0.206 e. The van der Waals surface area contributed by atoms with E-state index in [0.29, 0.717) is 0 Å². The second-order valence-corrected chi connectivity index (χ2v) is 5.12. The van der Waals surface area contributed by atoms with Gasteiger partial charge in [0, 0.05) is 11.1 Å². The molecule has 1 fully saturated rings. The highest BCUT2D eigenvalue weighted by atomic mass is 32.1. The zero-order valence-corrected chi connectivity index (χ0v) is 10.6. The molecule has 1 unspecified atom stereocenters. The zero-order valence-electron chi connectivity index (χ0n) is 9.83. The quantitative estimate of drug-likeness (QED) is 0.776. The molecule has 0 bridgehead atoms. The lowest BCUT2D eigenvalue weighted by Crippen LogP contribution is -2.05. The van der Waals surface area contributed by atoms with Crippen molar-refractivity contribution in [2.24, 2.45) is 0 Å². The summed E-state index contributed by atoms with van der Waals surface area (Å²) in [6, 6.07) is 10.6. The van der Waals surface area contributed by atoms with Crippen LogP contribution in [0.25, 0.3) is 0 Å². The van der Waals surface area contributed by atoms with Crippen molar-refractivity contribution in [3.63, 3.8) is 0 Å². The van der Waals surface area contributed by atoms with E-state index in [0.717, 1.165) is 10.7 Å². The topological polar surface area (TPSA) is 28.4 Å². The highest BCUT2D eigenvalue weighted by molar-refractivity contribution is 7.09. The van der Waals surface area contributed by atoms with Crippen LogP contribution in [-0.4, -0.2) is 10.0 Å². The first-order chi connectivity index (χ1) is 8.25. The van der Waals surface area contributed by atoms with Crippen molar-refractivity contribution in [1.82, 2.24) is 10.0 Å². The maximum atomic E-state index is 5.61. The molecule has 1 aliphatic rings. The molecule has 0 amide bonds. The largest absolute Gasteiger partial charge is 0.267 e. The summed E-state index contributed by atoms with van der Waals surface area (Å²) in [5.41, 5.74) is 2.33. The second kappa shape index (κ2) is 4.22. The Labute approximate surface area is 105 Å². The van der Waals surface area contributed by atoms with Crippen molar-refractivity contribution in [3.05, 3.63) is 52.0 Å². The maximum Gasteiger partial charge on any atom is 0.206 e. The summed E-state index contributed by atoms with van der Waals surface area (Å²) < 4.78 is 0. The lowest BCUT2D eigenvalue weighted by atomic mass is 10.1. The highest BCUT2D eigenvalue weighted by Gasteiger charge is 2.44. The Morgan fingerprint density at radius 3 is 2.76 bits per heavy atom. The van der Waals surface area contributed by atoms with E-state index in [-0.39, 0.29) is 12.3 Å². The Morgan fingerprint density at radius 1 is 1.35 bits per heavy atom. The summed E-state index contributed by atoms with van der Waals surface area (Å²) in [4.78, 5) is 10.1. The third-order valence-corrected chi connectivity index (χ3v) is 3.91. The molecule has 1 aromatic carbocycles. The number of nitrogens with zero attached hydrogens (tertiary/aromatic N) is 2. The average molecular weight is 246 g/mol. The van der Waals surface area contributed by atoms with Crippen molar-refractivity contribution in [3.8, 4) is 0 Å². The van der Waals surface area contributed by atoms with Crippen LogP contribution in [0.2, 0.25) is 0 Å². The van der Waals surface area contributed by atoms with Gasteiger partial charge < -0.3 is 0 Å². The van der Waals surface area contributed by atoms with Crippen LogP contribution in [0.1, 0.15) is 35.5 Å². The van der Waals surface area contributed by atoms with Crippen LogP contribution in [0.4, 0.5) is 0 Å². The standard InChI is InChI=1S/C13H14N2OS/c1-9-8-17-12(14-9)13-15(16-13)10(2)11-6-4-3-5-7-11/h3-8,10,13H,1-2H3/t10-,13-,15?/m1/s1. The van der Waals surface area contributed by atoms with Crippen LogP contribution in [0.15, 0.2) is 35.7 Å². The summed E-state index contributed by atoms with van der Waals surface area (Å²) in [5, 5.41) is 5.10. The predicted molar refractivity (Wildman–Crippen MR) is 67.4 cm³/mol. The van der Waals surface area contributed by atoms with Gasteiger partial charge in [0.25, 0.3) is 0 Å². The molecule has 1 aromatic heterocycles. The molecular weight excluding hydrogens is 232 g/mol. The molecule has 4 heteroatoms. The Bertz CT molecular complexity index is 511. The monoisotopic (exact) mass is 246 g/mol. The molecule has 17 heavy (non-hydrogen) atoms. The van der Waals surface area contributed by atoms with E-state index in [1.165, 1.54) is 5.56 Å². The first kappa shape index (κ1) is 10.9. The fourth-order valence-electron chi connectivity index (χ4n) is 1.90. The zero-order chi connectivity index (χ0) is 11.8. The van der Waals surface area contributed by atoms with Crippen LogP contribution in [0.5, 0.6) is 0 Å². The van der Waals surface area contributed by atoms with E-state index in [2.05, 4.69) is 41.6 Å². The molecule has 0 N–H and O–H groups in total. The van der Waals surface area contributed by atoms with Gasteiger partial charge in [0.05, 0.1) is 6.04 Å². The van der Waals surface area contributed by atoms with Crippen molar-refractivity contribution in [2.75, 3.05) is 0 Å². The molecule has 3 nitrogen and oxygen atoms in total. The number of benzene rings is 1. The number of rotatable bonds is 3. The molecule has 0 saturated carbocycles. The molecule has 2 aromatic rings. The van der Waals surface area contributed by atoms with E-state index in [9.17, 15) is 0 Å². The summed E-state index contributed by atoms with van der Waals surface area (Å²) in [5.74, 6) is 0. The summed E-state index contributed by atoms with van der Waals surface area (Å²) >= 11 is 1.66. The van der Waals surface area contributed by atoms with Crippen LogP contribution >= 0.6 is 11.3 Å². The third kappa shape index (κ3) is 2.11. The maximum absolute atomic E-state index is 5.61. The van der Waals surface area contributed by atoms with Crippen LogP contribution in [-0.2, 0) is 4.84 Å². The first-order valence-corrected chi connectivity index (χ1v) is 6.56. The molecule has 3 rings (SSSR count). The molecule has 1 saturated heterocycles. The predicted octanol–water partition coefficient (Wildman–Crippen LogP) is 3.46. The van der Waals surface area contributed by atoms with E-state index >= 15 is 0 Å². The lowest BCUT2D eigenvalue weighted by Gasteiger charge is -2.09. The average Bonchev–Trinajstić information content (AvgIpc) is 3.05. The molecule has 1 aliphatic heterocycles. The minimum atomic E-state index is 0.0453. The van der Waals surface area contributed by atoms with Crippen LogP contribution in [0, 0.1) is 6.92 Å². The minimum absolute atomic E-state index is 0.0453. The fraction of sp³-hybridized carbons (Fsp3) is 0.308. The number of aromatic nitrogens is 1. The minimum Gasteiger partial charge on any atom is -0.267 e. The SMILES string of the molecule is Cc1csc([C@H]2ON2[C@H](C)c2ccccc2)n1. The van der Waals surface area contributed by atoms with Gasteiger partial charge in [-0.2, -0.15) is 0 Å². The van der Waals surface area contributed by atoms with E-state index in [1.54, 1.807) is 11.3 Å². The van der Waals surface area contributed by atoms with Gasteiger partial charge in [-0.3, -0.25) is 4.84 Å². The Morgan fingerprint density at radius 2 is 2.12 bits per heavy atom. The fourth-order valence-corrected chi connectivity index (χ4v) is 2.70. The van der Waals surface area contributed by atoms with Gasteiger partial charge >= 0.3 is 0 Å². The lowest BCUT2D eigenvalue weighted by molar-refractivity contribution is 0.155. The molecule has 2 heterocycles. The third-order valence-electron chi connectivity index (χ3n) is 2.92. The molecule has 0 spiro atoms. The molecule has 0 aliphatic carbocycles. The van der Waals surface area contributed by atoms with Crippen molar-refractivity contribution >= 4 is 11.3 Å². The number of thiazole rings is 1. The molecule has 88 valence electrons. The molecular formula is C13H14N2OS. The Hall–Kier alpha value is -1.23. The van der Waals surface area contributed by atoms with Gasteiger partial charge in [-0.1, -0.05) is 30.3 Å². The van der Waals surface area contributed by atoms with Gasteiger partial charge in [-0.05, 0) is 19.4 Å². The number of aryl methyl sites for hydroxylation is 1. The van der Waals surface area contributed by atoms with Gasteiger partial charge in [0.2, 0.25) is 6.23 Å². The first-order valence-electron chi connectivity index (χ1n) is 5.68. The molecule has 3 atom stereocenters. The van der Waals surface area contributed by atoms with E-state index in [4.69, 9.17) is 4.84 Å². The number of hydroxylamine groups is 2. The summed E-state index contributed by atoms with van der Waals surface area (Å²) in [6.45, 7) is 4.16. The highest BCUT2D eigenvalue weighted by Crippen LogP contribution is 2.45. The van der Waals surface area contributed by atoms with E-state index in [1.807, 2.05) is 18.1 Å². The summed E-state index contributed by atoms with van der Waals surface area (Å²) in [7, 11) is 0. The number of hydrogen-bond donors (Lipinski definition) is 0. The van der Waals surface area contributed by atoms with Gasteiger partial charge in [0.1, 0.15) is 5.01 Å².